The highest BCUT2D eigenvalue weighted by Gasteiger charge is 2.41. The standard InChI is InChI=1S/C29H45N3O8S/c1-29(2,3)40-26(34)20-30-22-14-17-31(18-15-22)25(33)16-19-32(27(28(35)36)21-8-6-5-7-9-21)41(37,38)24-12-10-23(39-4)11-13-24/h10-13,21-22,27,30H,5-9,14-20H2,1-4H3,(H,35,36). The number of benzene rings is 1. The molecule has 1 aromatic rings. The van der Waals surface area contributed by atoms with E-state index in [1.54, 1.807) is 4.90 Å². The molecule has 1 saturated carbocycles. The van der Waals surface area contributed by atoms with Crippen LogP contribution in [0, 0.1) is 5.92 Å². The van der Waals surface area contributed by atoms with Crippen molar-refractivity contribution in [2.75, 3.05) is 33.3 Å². The number of carbonyl (C=O) groups excluding carboxylic acids is 2. The number of hydrogen-bond donors (Lipinski definition) is 2. The molecule has 3 rings (SSSR count). The molecule has 2 N–H and O–H groups in total. The number of ether oxygens (including phenoxy) is 2. The zero-order valence-corrected chi connectivity index (χ0v) is 25.5. The molecule has 1 amide bonds. The fourth-order valence-corrected chi connectivity index (χ4v) is 7.25. The number of likely N-dealkylation sites (tertiary alicyclic amines) is 1. The Hall–Kier alpha value is -2.70. The van der Waals surface area contributed by atoms with Gasteiger partial charge in [0, 0.05) is 32.1 Å². The minimum Gasteiger partial charge on any atom is -0.497 e. The highest BCUT2D eigenvalue weighted by atomic mass is 32.2. The maximum atomic E-state index is 13.8. The summed E-state index contributed by atoms with van der Waals surface area (Å²) in [5, 5.41) is 13.4. The van der Waals surface area contributed by atoms with Gasteiger partial charge >= 0.3 is 11.9 Å². The van der Waals surface area contributed by atoms with Crippen molar-refractivity contribution < 1.29 is 37.4 Å². The number of aliphatic carboxylic acids is 1. The number of amides is 1. The number of sulfonamides is 1. The Morgan fingerprint density at radius 2 is 1.66 bits per heavy atom. The van der Waals surface area contributed by atoms with E-state index in [1.165, 1.54) is 31.4 Å². The van der Waals surface area contributed by atoms with Gasteiger partial charge in [-0.3, -0.25) is 14.4 Å². The predicted octanol–water partition coefficient (Wildman–Crippen LogP) is 3.03. The Morgan fingerprint density at radius 1 is 1.05 bits per heavy atom. The molecule has 12 heteroatoms. The van der Waals surface area contributed by atoms with Crippen molar-refractivity contribution in [2.24, 2.45) is 5.92 Å². The summed E-state index contributed by atoms with van der Waals surface area (Å²) in [5.74, 6) is -1.59. The van der Waals surface area contributed by atoms with Crippen molar-refractivity contribution in [3.8, 4) is 5.75 Å². The van der Waals surface area contributed by atoms with Gasteiger partial charge < -0.3 is 24.8 Å². The van der Waals surface area contributed by atoms with Crippen LogP contribution in [0.3, 0.4) is 0 Å². The van der Waals surface area contributed by atoms with E-state index in [-0.39, 0.29) is 48.2 Å². The summed E-state index contributed by atoms with van der Waals surface area (Å²) in [6.45, 7) is 6.22. The average Bonchev–Trinajstić information content (AvgIpc) is 2.93. The van der Waals surface area contributed by atoms with Gasteiger partial charge in [-0.1, -0.05) is 19.3 Å². The SMILES string of the molecule is COc1ccc(S(=O)(=O)N(CCC(=O)N2CCC(NCC(=O)OC(C)(C)C)CC2)C(C(=O)O)C2CCCCC2)cc1. The molecule has 11 nitrogen and oxygen atoms in total. The number of hydrogen-bond acceptors (Lipinski definition) is 8. The summed E-state index contributed by atoms with van der Waals surface area (Å²) >= 11 is 0. The van der Waals surface area contributed by atoms with E-state index in [1.807, 2.05) is 20.8 Å². The molecule has 1 aromatic carbocycles. The molecule has 0 spiro atoms. The lowest BCUT2D eigenvalue weighted by atomic mass is 9.84. The van der Waals surface area contributed by atoms with Gasteiger partial charge in [-0.25, -0.2) is 8.42 Å². The first-order valence-corrected chi connectivity index (χ1v) is 15.9. The Bertz CT molecular complexity index is 1140. The van der Waals surface area contributed by atoms with Gasteiger partial charge in [-0.2, -0.15) is 4.31 Å². The molecule has 1 saturated heterocycles. The van der Waals surface area contributed by atoms with Crippen LogP contribution in [-0.4, -0.2) is 91.5 Å². The lowest BCUT2D eigenvalue weighted by molar-refractivity contribution is -0.154. The number of carboxylic acid groups (broad SMARTS) is 1. The lowest BCUT2D eigenvalue weighted by Crippen LogP contribution is -2.51. The smallest absolute Gasteiger partial charge is 0.322 e. The molecule has 2 aliphatic rings. The third-order valence-corrected chi connectivity index (χ3v) is 9.57. The molecule has 0 aromatic heterocycles. The van der Waals surface area contributed by atoms with Crippen molar-refractivity contribution in [3.63, 3.8) is 0 Å². The normalized spacial score (nSPS) is 18.2. The molecule has 0 radical (unpaired) electrons. The third-order valence-electron chi connectivity index (χ3n) is 7.67. The average molecular weight is 596 g/mol. The fourth-order valence-electron chi connectivity index (χ4n) is 5.60. The van der Waals surface area contributed by atoms with Gasteiger partial charge in [0.2, 0.25) is 15.9 Å². The Balaban J connectivity index is 1.67. The maximum Gasteiger partial charge on any atom is 0.322 e. The van der Waals surface area contributed by atoms with Gasteiger partial charge in [-0.05, 0) is 76.6 Å². The zero-order chi connectivity index (χ0) is 30.2. The van der Waals surface area contributed by atoms with Crippen molar-refractivity contribution in [3.05, 3.63) is 24.3 Å². The number of rotatable bonds is 12. The molecule has 1 aliphatic carbocycles. The summed E-state index contributed by atoms with van der Waals surface area (Å²) in [7, 11) is -2.73. The van der Waals surface area contributed by atoms with Crippen LogP contribution in [0.1, 0.15) is 72.1 Å². The van der Waals surface area contributed by atoms with E-state index in [4.69, 9.17) is 9.47 Å². The quantitative estimate of drug-likeness (QED) is 0.349. The van der Waals surface area contributed by atoms with Crippen LogP contribution < -0.4 is 10.1 Å². The molecule has 1 aliphatic heterocycles. The van der Waals surface area contributed by atoms with Crippen molar-refractivity contribution in [1.82, 2.24) is 14.5 Å². The first-order valence-electron chi connectivity index (χ1n) is 14.4. The molecule has 0 bridgehead atoms. The number of nitrogens with one attached hydrogen (secondary N) is 1. The number of esters is 1. The number of nitrogens with zero attached hydrogens (tertiary/aromatic N) is 2. The van der Waals surface area contributed by atoms with Gasteiger partial charge in [0.15, 0.2) is 0 Å². The molecule has 230 valence electrons. The first-order chi connectivity index (χ1) is 19.3. The van der Waals surface area contributed by atoms with Crippen LogP contribution in [0.25, 0.3) is 0 Å². The van der Waals surface area contributed by atoms with Crippen molar-refractivity contribution in [2.45, 2.75) is 94.7 Å². The van der Waals surface area contributed by atoms with Gasteiger partial charge in [0.1, 0.15) is 17.4 Å². The van der Waals surface area contributed by atoms with Crippen LogP contribution in [-0.2, 0) is 29.1 Å². The Morgan fingerprint density at radius 3 is 2.20 bits per heavy atom. The number of methoxy groups -OCH3 is 1. The highest BCUT2D eigenvalue weighted by Crippen LogP contribution is 2.33. The Kier molecular flexibility index (Phi) is 11.6. The van der Waals surface area contributed by atoms with Gasteiger partial charge in [0.25, 0.3) is 0 Å². The van der Waals surface area contributed by atoms with E-state index >= 15 is 0 Å². The number of carbonyl (C=O) groups is 3. The second-order valence-corrected chi connectivity index (χ2v) is 13.7. The van der Waals surface area contributed by atoms with Crippen LogP contribution in [0.2, 0.25) is 0 Å². The molecular formula is C29H45N3O8S. The molecule has 41 heavy (non-hydrogen) atoms. The minimum absolute atomic E-state index is 0.0373. The lowest BCUT2D eigenvalue weighted by Gasteiger charge is -2.36. The molecule has 1 atom stereocenters. The topological polar surface area (TPSA) is 143 Å². The van der Waals surface area contributed by atoms with E-state index in [9.17, 15) is 27.9 Å². The van der Waals surface area contributed by atoms with Gasteiger partial charge in [-0.15, -0.1) is 0 Å². The monoisotopic (exact) mass is 595 g/mol. The maximum absolute atomic E-state index is 13.8. The van der Waals surface area contributed by atoms with E-state index in [2.05, 4.69) is 5.32 Å². The van der Waals surface area contributed by atoms with Gasteiger partial charge in [0.05, 0.1) is 18.6 Å². The fraction of sp³-hybridized carbons (Fsp3) is 0.690. The molecule has 1 unspecified atom stereocenters. The van der Waals surface area contributed by atoms with Crippen molar-refractivity contribution >= 4 is 27.9 Å². The van der Waals surface area contributed by atoms with Crippen LogP contribution >= 0.6 is 0 Å². The number of carboxylic acids is 1. The minimum atomic E-state index is -4.21. The van der Waals surface area contributed by atoms with Crippen LogP contribution in [0.15, 0.2) is 29.2 Å². The summed E-state index contributed by atoms with van der Waals surface area (Å²) in [5.41, 5.74) is -0.556. The third kappa shape index (κ3) is 9.40. The molecule has 1 heterocycles. The zero-order valence-electron chi connectivity index (χ0n) is 24.6. The van der Waals surface area contributed by atoms with Crippen LogP contribution in [0.5, 0.6) is 5.75 Å². The highest BCUT2D eigenvalue weighted by molar-refractivity contribution is 7.89. The summed E-state index contributed by atoms with van der Waals surface area (Å²) in [6.07, 6.45) is 5.11. The molecular weight excluding hydrogens is 550 g/mol. The summed E-state index contributed by atoms with van der Waals surface area (Å²) in [6, 6.07) is 4.65. The second kappa shape index (κ2) is 14.5. The molecule has 2 fully saturated rings. The van der Waals surface area contributed by atoms with Crippen LogP contribution in [0.4, 0.5) is 0 Å². The predicted molar refractivity (Wildman–Crippen MR) is 153 cm³/mol. The number of piperidine rings is 1. The largest absolute Gasteiger partial charge is 0.497 e. The Labute approximate surface area is 243 Å². The van der Waals surface area contributed by atoms with Crippen molar-refractivity contribution in [1.29, 1.82) is 0 Å². The first kappa shape index (κ1) is 32.8. The summed E-state index contributed by atoms with van der Waals surface area (Å²) in [4.78, 5) is 39.4. The van der Waals surface area contributed by atoms with E-state index in [0.29, 0.717) is 44.5 Å². The summed E-state index contributed by atoms with van der Waals surface area (Å²) < 4.78 is 39.1. The van der Waals surface area contributed by atoms with E-state index < -0.39 is 27.6 Å². The second-order valence-electron chi connectivity index (χ2n) is 11.8. The van der Waals surface area contributed by atoms with E-state index in [0.717, 1.165) is 23.6 Å².